The van der Waals surface area contributed by atoms with E-state index >= 15 is 0 Å². The number of nitrogens with one attached hydrogen (secondary N) is 1. The summed E-state index contributed by atoms with van der Waals surface area (Å²) in [4.78, 5) is 12.5. The van der Waals surface area contributed by atoms with Crippen molar-refractivity contribution in [3.8, 4) is 0 Å². The van der Waals surface area contributed by atoms with Crippen LogP contribution >= 0.6 is 0 Å². The van der Waals surface area contributed by atoms with Gasteiger partial charge in [0.15, 0.2) is 0 Å². The van der Waals surface area contributed by atoms with E-state index in [1.165, 1.54) is 379 Å². The molecule has 0 radical (unpaired) electrons. The molecule has 0 bridgehead atoms. The Bertz CT molecular complexity index is 1080. The quantitative estimate of drug-likeness (QED) is 0.0420. The van der Waals surface area contributed by atoms with E-state index in [0.717, 1.165) is 25.7 Å². The number of allylic oxidation sites excluding steroid dienone is 1. The van der Waals surface area contributed by atoms with E-state index in [1.807, 2.05) is 6.08 Å². The molecule has 3 N–H and O–H groups in total. The molecule has 0 aliphatic carbocycles. The summed E-state index contributed by atoms with van der Waals surface area (Å²) in [6.07, 6.45) is 91.8. The monoisotopic (exact) mass is 1070 g/mol. The lowest BCUT2D eigenvalue weighted by atomic mass is 10.0. The largest absolute Gasteiger partial charge is 0.394 e. The van der Waals surface area contributed by atoms with Gasteiger partial charge in [0.2, 0.25) is 5.91 Å². The van der Waals surface area contributed by atoms with E-state index in [2.05, 4.69) is 19.2 Å². The minimum absolute atomic E-state index is 0.0527. The number of rotatable bonds is 68. The third-order valence-electron chi connectivity index (χ3n) is 17.3. The maximum atomic E-state index is 12.5. The Kier molecular flexibility index (Phi) is 67.6. The minimum Gasteiger partial charge on any atom is -0.394 e. The van der Waals surface area contributed by atoms with Gasteiger partial charge in [-0.1, -0.05) is 411 Å². The molecule has 0 saturated carbocycles. The molecule has 2 atom stereocenters. The first-order valence-corrected chi connectivity index (χ1v) is 35.9. The first kappa shape index (κ1) is 75.1. The topological polar surface area (TPSA) is 69.6 Å². The van der Waals surface area contributed by atoms with Crippen LogP contribution in [0.25, 0.3) is 0 Å². The molecule has 0 aromatic heterocycles. The predicted molar refractivity (Wildman–Crippen MR) is 341 cm³/mol. The second-order valence-electron chi connectivity index (χ2n) is 25.0. The van der Waals surface area contributed by atoms with E-state index in [1.54, 1.807) is 6.08 Å². The van der Waals surface area contributed by atoms with Gasteiger partial charge in [0.05, 0.1) is 18.8 Å². The van der Waals surface area contributed by atoms with Crippen molar-refractivity contribution in [2.75, 3.05) is 6.61 Å². The highest BCUT2D eigenvalue weighted by Crippen LogP contribution is 2.20. The van der Waals surface area contributed by atoms with E-state index in [4.69, 9.17) is 0 Å². The van der Waals surface area contributed by atoms with Crippen LogP contribution in [0, 0.1) is 0 Å². The van der Waals surface area contributed by atoms with Crippen LogP contribution in [-0.2, 0) is 4.79 Å². The average Bonchev–Trinajstić information content (AvgIpc) is 3.42. The molecule has 2 unspecified atom stereocenters. The molecule has 454 valence electrons. The molecule has 76 heavy (non-hydrogen) atoms. The number of hydrogen-bond donors (Lipinski definition) is 3. The van der Waals surface area contributed by atoms with Crippen molar-refractivity contribution in [1.29, 1.82) is 0 Å². The summed E-state index contributed by atoms with van der Waals surface area (Å²) in [5.74, 6) is -0.0527. The SMILES string of the molecule is CCCCCCCCCCCCCCCCCCCCCCCCCCCCC/C=C/C(O)C(CO)NC(=O)CCCCCCCCCCCCCCCCCCCCCCCCCCCCCCCCCCCCC. The lowest BCUT2D eigenvalue weighted by Crippen LogP contribution is -2.45. The fraction of sp³-hybridized carbons (Fsp3) is 0.958. The molecule has 0 fully saturated rings. The number of aliphatic hydroxyl groups excluding tert-OH is 2. The van der Waals surface area contributed by atoms with Crippen LogP contribution in [0.1, 0.15) is 425 Å². The van der Waals surface area contributed by atoms with E-state index in [9.17, 15) is 15.0 Å². The van der Waals surface area contributed by atoms with Gasteiger partial charge >= 0.3 is 0 Å². The number of aliphatic hydroxyl groups is 2. The minimum atomic E-state index is -0.837. The summed E-state index contributed by atoms with van der Waals surface area (Å²) in [5.41, 5.74) is 0. The molecule has 0 heterocycles. The second kappa shape index (κ2) is 68.4. The molecule has 0 saturated heterocycles. The van der Waals surface area contributed by atoms with E-state index in [-0.39, 0.29) is 12.5 Å². The Hall–Kier alpha value is -0.870. The average molecular weight is 1070 g/mol. The molecule has 0 spiro atoms. The summed E-state index contributed by atoms with van der Waals surface area (Å²) in [6.45, 7) is 4.37. The smallest absolute Gasteiger partial charge is 0.220 e. The fourth-order valence-electron chi connectivity index (χ4n) is 11.8. The normalized spacial score (nSPS) is 12.6. The van der Waals surface area contributed by atoms with E-state index < -0.39 is 12.1 Å². The highest BCUT2D eigenvalue weighted by molar-refractivity contribution is 5.76. The van der Waals surface area contributed by atoms with Gasteiger partial charge in [-0.3, -0.25) is 4.79 Å². The van der Waals surface area contributed by atoms with Crippen LogP contribution in [0.5, 0.6) is 0 Å². The van der Waals surface area contributed by atoms with Crippen molar-refractivity contribution in [2.24, 2.45) is 0 Å². The zero-order chi connectivity index (χ0) is 54.8. The van der Waals surface area contributed by atoms with Crippen molar-refractivity contribution in [2.45, 2.75) is 437 Å². The molecule has 0 rings (SSSR count). The Morgan fingerprint density at radius 2 is 0.487 bits per heavy atom. The summed E-state index contributed by atoms with van der Waals surface area (Å²) >= 11 is 0. The van der Waals surface area contributed by atoms with Crippen molar-refractivity contribution in [1.82, 2.24) is 5.32 Å². The molecule has 0 aliphatic rings. The van der Waals surface area contributed by atoms with Crippen molar-refractivity contribution < 1.29 is 15.0 Å². The molecule has 1 amide bonds. The zero-order valence-corrected chi connectivity index (χ0v) is 52.6. The van der Waals surface area contributed by atoms with Gasteiger partial charge in [-0.05, 0) is 19.3 Å². The summed E-state index contributed by atoms with van der Waals surface area (Å²) < 4.78 is 0. The van der Waals surface area contributed by atoms with Gasteiger partial charge in [-0.15, -0.1) is 0 Å². The van der Waals surface area contributed by atoms with Crippen LogP contribution in [0.15, 0.2) is 12.2 Å². The summed E-state index contributed by atoms with van der Waals surface area (Å²) in [6, 6.07) is -0.620. The Balaban J connectivity index is 3.38. The summed E-state index contributed by atoms with van der Waals surface area (Å²) in [5, 5.41) is 23.3. The molecular weight excluding hydrogens is 927 g/mol. The van der Waals surface area contributed by atoms with Gasteiger partial charge in [-0.25, -0.2) is 0 Å². The van der Waals surface area contributed by atoms with E-state index in [0.29, 0.717) is 6.42 Å². The maximum absolute atomic E-state index is 12.5. The van der Waals surface area contributed by atoms with Crippen molar-refractivity contribution in [3.63, 3.8) is 0 Å². The fourth-order valence-corrected chi connectivity index (χ4v) is 11.8. The number of carbonyl (C=O) groups excluding carboxylic acids is 1. The van der Waals surface area contributed by atoms with Gasteiger partial charge < -0.3 is 15.5 Å². The summed E-state index contributed by atoms with van der Waals surface area (Å²) in [7, 11) is 0. The van der Waals surface area contributed by atoms with Gasteiger partial charge in [0.25, 0.3) is 0 Å². The van der Waals surface area contributed by atoms with Gasteiger partial charge in [0.1, 0.15) is 0 Å². The van der Waals surface area contributed by atoms with Crippen LogP contribution in [0.2, 0.25) is 0 Å². The van der Waals surface area contributed by atoms with Crippen molar-refractivity contribution >= 4 is 5.91 Å². The molecule has 4 heteroatoms. The maximum Gasteiger partial charge on any atom is 0.220 e. The first-order chi connectivity index (χ1) is 37.7. The lowest BCUT2D eigenvalue weighted by molar-refractivity contribution is -0.123. The highest BCUT2D eigenvalue weighted by atomic mass is 16.3. The van der Waals surface area contributed by atoms with Gasteiger partial charge in [0, 0.05) is 6.42 Å². The third-order valence-corrected chi connectivity index (χ3v) is 17.3. The second-order valence-corrected chi connectivity index (χ2v) is 25.0. The van der Waals surface area contributed by atoms with Crippen molar-refractivity contribution in [3.05, 3.63) is 12.2 Å². The molecule has 0 aromatic carbocycles. The highest BCUT2D eigenvalue weighted by Gasteiger charge is 2.18. The molecule has 4 nitrogen and oxygen atoms in total. The van der Waals surface area contributed by atoms with Crippen LogP contribution in [-0.4, -0.2) is 34.9 Å². The lowest BCUT2D eigenvalue weighted by Gasteiger charge is -2.20. The first-order valence-electron chi connectivity index (χ1n) is 35.9. The molecule has 0 aromatic rings. The zero-order valence-electron chi connectivity index (χ0n) is 52.6. The Labute approximate surface area is 479 Å². The number of carbonyl (C=O) groups is 1. The Morgan fingerprint density at radius 1 is 0.303 bits per heavy atom. The molecule has 0 aliphatic heterocycles. The number of unbranched alkanes of at least 4 members (excludes halogenated alkanes) is 61. The standard InChI is InChI=1S/C72H143NO3/c1-3-5-7-9-11-13-15-17-19-21-23-25-27-29-31-33-34-35-36-37-38-40-42-44-46-48-50-52-54-56-58-60-62-64-66-68-72(76)73-70(69-74)71(75)67-65-63-61-59-57-55-53-51-49-47-45-43-41-39-32-30-28-26-24-22-20-18-16-14-12-10-8-6-4-2/h65,67,70-71,74-75H,3-64,66,68-69H2,1-2H3,(H,73,76)/b67-65+. The Morgan fingerprint density at radius 3 is 0.684 bits per heavy atom. The van der Waals surface area contributed by atoms with Crippen LogP contribution in [0.4, 0.5) is 0 Å². The predicted octanol–water partition coefficient (Wildman–Crippen LogP) is 24.4. The third kappa shape index (κ3) is 64.0. The molecular formula is C72H143NO3. The van der Waals surface area contributed by atoms with Crippen LogP contribution in [0.3, 0.4) is 0 Å². The van der Waals surface area contributed by atoms with Gasteiger partial charge in [-0.2, -0.15) is 0 Å². The van der Waals surface area contributed by atoms with Crippen LogP contribution < -0.4 is 5.32 Å². The number of hydrogen-bond acceptors (Lipinski definition) is 3. The number of amides is 1.